The van der Waals surface area contributed by atoms with Gasteiger partial charge >= 0.3 is 6.41 Å². The van der Waals surface area contributed by atoms with Crippen molar-refractivity contribution in [1.29, 1.82) is 0 Å². The van der Waals surface area contributed by atoms with Gasteiger partial charge in [-0.15, -0.1) is 0 Å². The van der Waals surface area contributed by atoms with Crippen molar-refractivity contribution in [3.63, 3.8) is 0 Å². The Hall–Kier alpha value is -0.530. The number of hydrogen-bond donors (Lipinski definition) is 0. The largest absolute Gasteiger partial charge is 0.334 e. The lowest BCUT2D eigenvalue weighted by molar-refractivity contribution is 0.216. The average Bonchev–Trinajstić information content (AvgIpc) is 2.10. The second kappa shape index (κ2) is 7.31. The van der Waals surface area contributed by atoms with Gasteiger partial charge in [0.1, 0.15) is 0 Å². The van der Waals surface area contributed by atoms with Crippen LogP contribution in [0.25, 0.3) is 0 Å². The molecule has 19 heavy (non-hydrogen) atoms. The van der Waals surface area contributed by atoms with Gasteiger partial charge in [0, 0.05) is 13.1 Å². The molecule has 0 bridgehead atoms. The van der Waals surface area contributed by atoms with Crippen LogP contribution >= 0.6 is 0 Å². The van der Waals surface area contributed by atoms with Crippen LogP contribution in [0.15, 0.2) is 0 Å². The third kappa shape index (κ3) is 11.0. The molecule has 1 radical (unpaired) electrons. The highest BCUT2D eigenvalue weighted by molar-refractivity contribution is 5.48. The molecule has 0 spiro atoms. The molecule has 0 aromatic carbocycles. The lowest BCUT2D eigenvalue weighted by Gasteiger charge is -2.30. The minimum absolute atomic E-state index is 0.324. The normalized spacial score (nSPS) is 16.0. The van der Waals surface area contributed by atoms with Gasteiger partial charge in [-0.05, 0) is 35.5 Å². The van der Waals surface area contributed by atoms with E-state index < -0.39 is 0 Å². The first-order valence-corrected chi connectivity index (χ1v) is 7.55. The van der Waals surface area contributed by atoms with Gasteiger partial charge in [0.25, 0.3) is 0 Å². The van der Waals surface area contributed by atoms with Crippen molar-refractivity contribution in [2.45, 2.75) is 68.2 Å². The maximum atomic E-state index is 11.1. The maximum absolute atomic E-state index is 11.1. The van der Waals surface area contributed by atoms with E-state index in [1.54, 1.807) is 0 Å². The summed E-state index contributed by atoms with van der Waals surface area (Å²) in [6.07, 6.45) is 4.39. The predicted octanol–water partition coefficient (Wildman–Crippen LogP) is 4.50. The highest BCUT2D eigenvalue weighted by Gasteiger charge is 2.21. The minimum atomic E-state index is 0.324. The Bertz CT molecular complexity index is 235. The van der Waals surface area contributed by atoms with Gasteiger partial charge in [0.15, 0.2) is 0 Å². The van der Waals surface area contributed by atoms with Gasteiger partial charge in [-0.1, -0.05) is 55.4 Å². The molecule has 113 valence electrons. The molecule has 0 N–H and O–H groups in total. The summed E-state index contributed by atoms with van der Waals surface area (Å²) in [6, 6.07) is 0. The molecule has 2 unspecified atom stereocenters. The van der Waals surface area contributed by atoms with Gasteiger partial charge in [-0.3, -0.25) is 4.79 Å². The van der Waals surface area contributed by atoms with Gasteiger partial charge in [0.2, 0.25) is 0 Å². The SMILES string of the molecule is CC(CN([C]=O)CC(C)CC(C)(C)C)CC(C)(C)C. The molecule has 1 amide bonds. The molecule has 2 nitrogen and oxygen atoms in total. The van der Waals surface area contributed by atoms with E-state index >= 15 is 0 Å². The summed E-state index contributed by atoms with van der Waals surface area (Å²) in [6.45, 7) is 19.6. The molecule has 0 aliphatic carbocycles. The Morgan fingerprint density at radius 1 is 0.842 bits per heavy atom. The van der Waals surface area contributed by atoms with E-state index in [9.17, 15) is 4.79 Å². The van der Waals surface area contributed by atoms with E-state index in [0.717, 1.165) is 25.9 Å². The first-order valence-electron chi connectivity index (χ1n) is 7.55. The molecule has 0 saturated heterocycles. The summed E-state index contributed by atoms with van der Waals surface area (Å²) in [5.74, 6) is 1.06. The van der Waals surface area contributed by atoms with Crippen LogP contribution in [0.4, 0.5) is 0 Å². The molecule has 0 aromatic rings. The molecule has 2 heteroatoms. The first-order chi connectivity index (χ1) is 8.43. The molecule has 0 fully saturated rings. The number of amides is 1. The fraction of sp³-hybridized carbons (Fsp3) is 0.941. The standard InChI is InChI=1S/C17H34NO/c1-14(9-16(3,4)5)11-18(13-19)12-15(2)10-17(6,7)8/h14-15H,9-12H2,1-8H3. The lowest BCUT2D eigenvalue weighted by atomic mass is 9.84. The van der Waals surface area contributed by atoms with Gasteiger partial charge in [-0.2, -0.15) is 0 Å². The van der Waals surface area contributed by atoms with E-state index in [2.05, 4.69) is 61.8 Å². The van der Waals surface area contributed by atoms with Crippen LogP contribution in [-0.2, 0) is 4.79 Å². The van der Waals surface area contributed by atoms with Crippen molar-refractivity contribution in [2.75, 3.05) is 13.1 Å². The van der Waals surface area contributed by atoms with Gasteiger partial charge in [-0.25, -0.2) is 0 Å². The highest BCUT2D eigenvalue weighted by atomic mass is 16.1. The Kier molecular flexibility index (Phi) is 7.10. The van der Waals surface area contributed by atoms with E-state index in [-0.39, 0.29) is 0 Å². The zero-order chi connectivity index (χ0) is 15.3. The van der Waals surface area contributed by atoms with Crippen molar-refractivity contribution in [1.82, 2.24) is 4.90 Å². The van der Waals surface area contributed by atoms with Crippen LogP contribution in [-0.4, -0.2) is 24.4 Å². The van der Waals surface area contributed by atoms with Crippen LogP contribution in [0.5, 0.6) is 0 Å². The second-order valence-corrected chi connectivity index (χ2v) is 8.74. The van der Waals surface area contributed by atoms with E-state index in [0.29, 0.717) is 22.7 Å². The minimum Gasteiger partial charge on any atom is -0.334 e. The topological polar surface area (TPSA) is 20.3 Å². The molecule has 0 rings (SSSR count). The molecular formula is C17H34NO. The quantitative estimate of drug-likeness (QED) is 0.623. The first kappa shape index (κ1) is 18.5. The summed E-state index contributed by atoms with van der Waals surface area (Å²) < 4.78 is 0. The average molecular weight is 268 g/mol. The van der Waals surface area contributed by atoms with Crippen LogP contribution < -0.4 is 0 Å². The van der Waals surface area contributed by atoms with Crippen molar-refractivity contribution < 1.29 is 4.79 Å². The van der Waals surface area contributed by atoms with E-state index in [1.165, 1.54) is 0 Å². The molecule has 0 aliphatic rings. The molecule has 0 saturated carbocycles. The van der Waals surface area contributed by atoms with Crippen LogP contribution in [0.1, 0.15) is 68.2 Å². The summed E-state index contributed by atoms with van der Waals surface area (Å²) in [7, 11) is 0. The number of rotatable bonds is 7. The van der Waals surface area contributed by atoms with E-state index in [1.807, 2.05) is 4.90 Å². The zero-order valence-corrected chi connectivity index (χ0v) is 14.3. The Balaban J connectivity index is 4.25. The monoisotopic (exact) mass is 268 g/mol. The Labute approximate surface area is 120 Å². The molecular weight excluding hydrogens is 234 g/mol. The Morgan fingerprint density at radius 2 is 1.16 bits per heavy atom. The number of nitrogens with zero attached hydrogens (tertiary/aromatic N) is 1. The van der Waals surface area contributed by atoms with Crippen molar-refractivity contribution in [3.05, 3.63) is 0 Å². The zero-order valence-electron chi connectivity index (χ0n) is 14.3. The molecule has 0 heterocycles. The molecule has 0 aromatic heterocycles. The van der Waals surface area contributed by atoms with Gasteiger partial charge in [0.05, 0.1) is 0 Å². The van der Waals surface area contributed by atoms with Crippen LogP contribution in [0.3, 0.4) is 0 Å². The third-order valence-corrected chi connectivity index (χ3v) is 3.11. The fourth-order valence-corrected chi connectivity index (χ4v) is 3.12. The Morgan fingerprint density at radius 3 is 1.37 bits per heavy atom. The fourth-order valence-electron chi connectivity index (χ4n) is 3.12. The summed E-state index contributed by atoms with van der Waals surface area (Å²) in [5, 5.41) is 0. The second-order valence-electron chi connectivity index (χ2n) is 8.74. The van der Waals surface area contributed by atoms with Crippen LogP contribution in [0.2, 0.25) is 0 Å². The maximum Gasteiger partial charge on any atom is 0.312 e. The smallest absolute Gasteiger partial charge is 0.312 e. The summed E-state index contributed by atoms with van der Waals surface area (Å²) in [5.41, 5.74) is 0.649. The lowest BCUT2D eigenvalue weighted by Crippen LogP contribution is -2.33. The molecule has 2 atom stereocenters. The van der Waals surface area contributed by atoms with Gasteiger partial charge < -0.3 is 4.90 Å². The number of carbonyl (C=O) groups excluding carboxylic acids is 1. The third-order valence-electron chi connectivity index (χ3n) is 3.11. The van der Waals surface area contributed by atoms with Crippen molar-refractivity contribution in [2.24, 2.45) is 22.7 Å². The summed E-state index contributed by atoms with van der Waals surface area (Å²) >= 11 is 0. The predicted molar refractivity (Wildman–Crippen MR) is 83.7 cm³/mol. The van der Waals surface area contributed by atoms with Crippen molar-refractivity contribution >= 4 is 6.41 Å². The van der Waals surface area contributed by atoms with E-state index in [4.69, 9.17) is 0 Å². The van der Waals surface area contributed by atoms with Crippen LogP contribution in [0, 0.1) is 22.7 Å². The van der Waals surface area contributed by atoms with Crippen molar-refractivity contribution in [3.8, 4) is 0 Å². The molecule has 0 aliphatic heterocycles. The highest BCUT2D eigenvalue weighted by Crippen LogP contribution is 2.26. The summed E-state index contributed by atoms with van der Waals surface area (Å²) in [4.78, 5) is 12.9. The number of hydrogen-bond acceptors (Lipinski definition) is 1.